The summed E-state index contributed by atoms with van der Waals surface area (Å²) in [5.74, 6) is 0.350. The van der Waals surface area contributed by atoms with Crippen molar-refractivity contribution in [2.24, 2.45) is 11.8 Å². The van der Waals surface area contributed by atoms with Crippen molar-refractivity contribution < 1.29 is 18.3 Å². The van der Waals surface area contributed by atoms with E-state index in [2.05, 4.69) is 0 Å². The lowest BCUT2D eigenvalue weighted by Gasteiger charge is -2.24. The number of hydrogen-bond acceptors (Lipinski definition) is 2. The van der Waals surface area contributed by atoms with E-state index >= 15 is 0 Å². The van der Waals surface area contributed by atoms with Crippen LogP contribution in [-0.2, 0) is 4.74 Å². The van der Waals surface area contributed by atoms with E-state index in [0.717, 1.165) is 0 Å². The van der Waals surface area contributed by atoms with Crippen molar-refractivity contribution in [3.05, 3.63) is 11.7 Å². The molecular weight excluding hydrogens is 240 g/mol. The van der Waals surface area contributed by atoms with Crippen LogP contribution in [0.4, 0.5) is 13.6 Å². The van der Waals surface area contributed by atoms with Crippen molar-refractivity contribution >= 4 is 6.09 Å². The fraction of sp³-hybridized carbons (Fsp3) is 0.769. The zero-order valence-corrected chi connectivity index (χ0v) is 11.0. The minimum absolute atomic E-state index is 0.175. The van der Waals surface area contributed by atoms with Crippen LogP contribution in [-0.4, -0.2) is 29.7 Å². The average molecular weight is 259 g/mol. The number of carbonyl (C=O) groups is 1. The molecule has 1 amide bonds. The Morgan fingerprint density at radius 1 is 1.22 bits per heavy atom. The molecule has 0 radical (unpaired) electrons. The predicted molar refractivity (Wildman–Crippen MR) is 63.3 cm³/mol. The molecule has 2 rings (SSSR count). The summed E-state index contributed by atoms with van der Waals surface area (Å²) in [6.45, 7) is 6.54. The number of carbonyl (C=O) groups excluding carboxylic acids is 1. The Kier molecular flexibility index (Phi) is 3.34. The molecule has 3 nitrogen and oxygen atoms in total. The second-order valence-corrected chi connectivity index (χ2v) is 6.18. The minimum Gasteiger partial charge on any atom is -0.444 e. The van der Waals surface area contributed by atoms with E-state index in [-0.39, 0.29) is 23.5 Å². The number of allylic oxidation sites excluding steroid dienone is 1. The Balaban J connectivity index is 1.93. The van der Waals surface area contributed by atoms with E-state index in [1.165, 1.54) is 0 Å². The normalized spacial score (nSPS) is 27.4. The van der Waals surface area contributed by atoms with Crippen LogP contribution in [0.2, 0.25) is 0 Å². The molecule has 2 fully saturated rings. The lowest BCUT2D eigenvalue weighted by molar-refractivity contribution is 0.0282. The van der Waals surface area contributed by atoms with E-state index in [9.17, 15) is 13.6 Å². The molecule has 18 heavy (non-hydrogen) atoms. The van der Waals surface area contributed by atoms with Crippen molar-refractivity contribution in [3.8, 4) is 0 Å². The van der Waals surface area contributed by atoms with Gasteiger partial charge < -0.3 is 9.64 Å². The summed E-state index contributed by atoms with van der Waals surface area (Å²) in [5, 5.41) is 0. The van der Waals surface area contributed by atoms with Crippen LogP contribution < -0.4 is 0 Å². The third-order valence-corrected chi connectivity index (χ3v) is 3.51. The lowest BCUT2D eigenvalue weighted by Crippen LogP contribution is -2.35. The zero-order chi connectivity index (χ0) is 13.5. The summed E-state index contributed by atoms with van der Waals surface area (Å²) in [7, 11) is 0. The number of amides is 1. The summed E-state index contributed by atoms with van der Waals surface area (Å²) in [5.41, 5.74) is -0.237. The predicted octanol–water partition coefficient (Wildman–Crippen LogP) is 3.41. The van der Waals surface area contributed by atoms with Gasteiger partial charge in [-0.05, 0) is 51.0 Å². The van der Waals surface area contributed by atoms with Crippen molar-refractivity contribution in [1.82, 2.24) is 4.90 Å². The molecule has 2 atom stereocenters. The lowest BCUT2D eigenvalue weighted by atomic mass is 10.0. The largest absolute Gasteiger partial charge is 0.444 e. The topological polar surface area (TPSA) is 29.5 Å². The van der Waals surface area contributed by atoms with Crippen LogP contribution in [0.1, 0.15) is 33.6 Å². The number of ether oxygens (including phenoxy) is 1. The van der Waals surface area contributed by atoms with Crippen molar-refractivity contribution in [2.45, 2.75) is 39.2 Å². The molecule has 2 aliphatic rings. The van der Waals surface area contributed by atoms with E-state index < -0.39 is 11.7 Å². The van der Waals surface area contributed by atoms with Gasteiger partial charge in [-0.3, -0.25) is 0 Å². The van der Waals surface area contributed by atoms with Gasteiger partial charge in [-0.25, -0.2) is 4.79 Å². The first-order chi connectivity index (χ1) is 8.26. The maximum atomic E-state index is 12.5. The molecular formula is C13H19F2NO2. The van der Waals surface area contributed by atoms with Crippen LogP contribution in [0.3, 0.4) is 0 Å². The van der Waals surface area contributed by atoms with E-state index in [1.807, 2.05) is 20.8 Å². The maximum Gasteiger partial charge on any atom is 0.410 e. The summed E-state index contributed by atoms with van der Waals surface area (Å²) in [4.78, 5) is 13.5. The first kappa shape index (κ1) is 13.3. The van der Waals surface area contributed by atoms with Gasteiger partial charge in [0.05, 0.1) is 0 Å². The highest BCUT2D eigenvalue weighted by atomic mass is 19.3. The molecule has 1 aliphatic heterocycles. The Morgan fingerprint density at radius 2 is 1.72 bits per heavy atom. The van der Waals surface area contributed by atoms with Crippen molar-refractivity contribution in [2.75, 3.05) is 13.1 Å². The average Bonchev–Trinajstić information content (AvgIpc) is 2.69. The molecule has 0 aromatic rings. The monoisotopic (exact) mass is 259 g/mol. The molecule has 1 saturated carbocycles. The first-order valence-corrected chi connectivity index (χ1v) is 6.27. The van der Waals surface area contributed by atoms with Crippen LogP contribution >= 0.6 is 0 Å². The van der Waals surface area contributed by atoms with Crippen LogP contribution in [0, 0.1) is 11.8 Å². The molecule has 1 saturated heterocycles. The Labute approximate surface area is 106 Å². The minimum atomic E-state index is -1.53. The maximum absolute atomic E-state index is 12.5. The molecule has 0 aromatic heterocycles. The number of halogens is 2. The molecule has 1 heterocycles. The summed E-state index contributed by atoms with van der Waals surface area (Å²) in [6.07, 6.45) is -1.02. The van der Waals surface area contributed by atoms with E-state index in [0.29, 0.717) is 25.9 Å². The Morgan fingerprint density at radius 3 is 2.11 bits per heavy atom. The van der Waals surface area contributed by atoms with E-state index in [1.54, 1.807) is 4.90 Å². The number of hydrogen-bond donors (Lipinski definition) is 0. The van der Waals surface area contributed by atoms with Crippen LogP contribution in [0.5, 0.6) is 0 Å². The number of likely N-dealkylation sites (tertiary alicyclic amines) is 1. The standard InChI is InChI=1S/C13H19F2NO2/c1-13(2,3)18-12(17)16-6-9-4-8(11(14)15)5-10(9)7-16/h9-10H,4-7H2,1-3H3/t9-,10+. The smallest absolute Gasteiger partial charge is 0.410 e. The molecule has 0 aromatic carbocycles. The van der Waals surface area contributed by atoms with Crippen molar-refractivity contribution in [1.29, 1.82) is 0 Å². The summed E-state index contributed by atoms with van der Waals surface area (Å²) >= 11 is 0. The van der Waals surface area contributed by atoms with Gasteiger partial charge in [0, 0.05) is 13.1 Å². The molecule has 0 unspecified atom stereocenters. The van der Waals surface area contributed by atoms with Crippen molar-refractivity contribution in [3.63, 3.8) is 0 Å². The molecule has 0 spiro atoms. The molecule has 5 heteroatoms. The van der Waals surface area contributed by atoms with Gasteiger partial charge in [0.25, 0.3) is 6.08 Å². The third kappa shape index (κ3) is 2.82. The number of fused-ring (bicyclic) bond motifs is 1. The van der Waals surface area contributed by atoms with Gasteiger partial charge in [-0.15, -0.1) is 0 Å². The summed E-state index contributed by atoms with van der Waals surface area (Å²) < 4.78 is 30.3. The Hall–Kier alpha value is -1.13. The van der Waals surface area contributed by atoms with Gasteiger partial charge in [0.2, 0.25) is 0 Å². The highest BCUT2D eigenvalue weighted by Gasteiger charge is 2.42. The highest BCUT2D eigenvalue weighted by Crippen LogP contribution is 2.43. The van der Waals surface area contributed by atoms with Gasteiger partial charge in [0.15, 0.2) is 0 Å². The SMILES string of the molecule is CC(C)(C)OC(=O)N1C[C@H]2CC(=C(F)F)C[C@H]2C1. The third-order valence-electron chi connectivity index (χ3n) is 3.51. The molecule has 1 aliphatic carbocycles. The summed E-state index contributed by atoms with van der Waals surface area (Å²) in [6, 6.07) is 0. The van der Waals surface area contributed by atoms with Crippen LogP contribution in [0.25, 0.3) is 0 Å². The van der Waals surface area contributed by atoms with Gasteiger partial charge in [-0.2, -0.15) is 8.78 Å². The Bertz CT molecular complexity index is 367. The second-order valence-electron chi connectivity index (χ2n) is 6.18. The first-order valence-electron chi connectivity index (χ1n) is 6.27. The fourth-order valence-corrected chi connectivity index (χ4v) is 2.75. The second kappa shape index (κ2) is 4.52. The molecule has 102 valence electrons. The number of nitrogens with zero attached hydrogens (tertiary/aromatic N) is 1. The fourth-order valence-electron chi connectivity index (χ4n) is 2.75. The zero-order valence-electron chi connectivity index (χ0n) is 11.0. The van der Waals surface area contributed by atoms with Gasteiger partial charge in [0.1, 0.15) is 5.60 Å². The van der Waals surface area contributed by atoms with E-state index in [4.69, 9.17) is 4.74 Å². The van der Waals surface area contributed by atoms with Gasteiger partial charge >= 0.3 is 6.09 Å². The molecule has 0 N–H and O–H groups in total. The van der Waals surface area contributed by atoms with Crippen LogP contribution in [0.15, 0.2) is 11.7 Å². The van der Waals surface area contributed by atoms with Gasteiger partial charge in [-0.1, -0.05) is 0 Å². The quantitative estimate of drug-likeness (QED) is 0.667. The highest BCUT2D eigenvalue weighted by molar-refractivity contribution is 5.68. The molecule has 0 bridgehead atoms. The number of rotatable bonds is 0.